The van der Waals surface area contributed by atoms with Gasteiger partial charge in [0.2, 0.25) is 10.0 Å². The number of nitrogens with zero attached hydrogens (tertiary/aromatic N) is 2. The lowest BCUT2D eigenvalue weighted by Crippen LogP contribution is -2.37. The normalized spacial score (nSPS) is 16.8. The van der Waals surface area contributed by atoms with Gasteiger partial charge in [0, 0.05) is 29.8 Å². The van der Waals surface area contributed by atoms with Gasteiger partial charge in [-0.1, -0.05) is 24.4 Å². The van der Waals surface area contributed by atoms with Gasteiger partial charge in [-0.25, -0.2) is 18.1 Å². The van der Waals surface area contributed by atoms with Crippen LogP contribution in [0.25, 0.3) is 0 Å². The fourth-order valence-electron chi connectivity index (χ4n) is 2.55. The standard InChI is InChI=1S/C13H19BrClN3O2S/c1-18(11-4-2-3-5-11)7-6-17-21(19,20)12-8-10(14)9-16-13(12)15/h8-9,11,17H,2-7H2,1H3. The molecule has 8 heteroatoms. The highest BCUT2D eigenvalue weighted by atomic mass is 79.9. The van der Waals surface area contributed by atoms with E-state index in [1.807, 2.05) is 7.05 Å². The number of hydrogen-bond acceptors (Lipinski definition) is 4. The minimum absolute atomic E-state index is 0.00191. The minimum Gasteiger partial charge on any atom is -0.302 e. The van der Waals surface area contributed by atoms with Crippen molar-refractivity contribution in [3.63, 3.8) is 0 Å². The summed E-state index contributed by atoms with van der Waals surface area (Å²) in [5.74, 6) is 0. The Morgan fingerprint density at radius 2 is 2.14 bits per heavy atom. The van der Waals surface area contributed by atoms with E-state index < -0.39 is 10.0 Å². The molecule has 1 aromatic heterocycles. The largest absolute Gasteiger partial charge is 0.302 e. The molecule has 1 aliphatic rings. The summed E-state index contributed by atoms with van der Waals surface area (Å²) in [6.45, 7) is 1.04. The highest BCUT2D eigenvalue weighted by Crippen LogP contribution is 2.23. The van der Waals surface area contributed by atoms with Crippen LogP contribution in [0.3, 0.4) is 0 Å². The molecule has 0 radical (unpaired) electrons. The highest BCUT2D eigenvalue weighted by Gasteiger charge is 2.21. The molecule has 1 N–H and O–H groups in total. The van der Waals surface area contributed by atoms with Crippen molar-refractivity contribution in [2.24, 2.45) is 0 Å². The monoisotopic (exact) mass is 395 g/mol. The van der Waals surface area contributed by atoms with Crippen LogP contribution in [0.5, 0.6) is 0 Å². The summed E-state index contributed by atoms with van der Waals surface area (Å²) in [6, 6.07) is 2.03. The summed E-state index contributed by atoms with van der Waals surface area (Å²) in [5, 5.41) is -0.0187. The lowest BCUT2D eigenvalue weighted by Gasteiger charge is -2.23. The Balaban J connectivity index is 1.93. The summed E-state index contributed by atoms with van der Waals surface area (Å²) >= 11 is 9.07. The van der Waals surface area contributed by atoms with E-state index in [1.165, 1.54) is 37.9 Å². The van der Waals surface area contributed by atoms with Crippen LogP contribution < -0.4 is 4.72 Å². The van der Waals surface area contributed by atoms with Gasteiger partial charge in [-0.2, -0.15) is 0 Å². The van der Waals surface area contributed by atoms with Gasteiger partial charge in [-0.05, 0) is 41.9 Å². The molecule has 2 rings (SSSR count). The Labute approximate surface area is 139 Å². The van der Waals surface area contributed by atoms with Crippen LogP contribution in [0.4, 0.5) is 0 Å². The second kappa shape index (κ2) is 7.37. The van der Waals surface area contributed by atoms with Gasteiger partial charge in [0.1, 0.15) is 10.0 Å². The van der Waals surface area contributed by atoms with E-state index in [0.717, 1.165) is 0 Å². The molecule has 0 saturated heterocycles. The third-order valence-electron chi connectivity index (χ3n) is 3.77. The molecule has 1 heterocycles. The topological polar surface area (TPSA) is 62.3 Å². The zero-order chi connectivity index (χ0) is 15.5. The molecule has 0 unspecified atom stereocenters. The molecular formula is C13H19BrClN3O2S. The average molecular weight is 397 g/mol. The number of sulfonamides is 1. The van der Waals surface area contributed by atoms with Gasteiger partial charge in [0.15, 0.2) is 0 Å². The van der Waals surface area contributed by atoms with E-state index >= 15 is 0 Å². The molecule has 0 bridgehead atoms. The van der Waals surface area contributed by atoms with Crippen LogP contribution >= 0.6 is 27.5 Å². The number of hydrogen-bond donors (Lipinski definition) is 1. The molecule has 1 fully saturated rings. The predicted molar refractivity (Wildman–Crippen MR) is 87.0 cm³/mol. The van der Waals surface area contributed by atoms with E-state index in [9.17, 15) is 8.42 Å². The van der Waals surface area contributed by atoms with Gasteiger partial charge in [0.25, 0.3) is 0 Å². The number of likely N-dealkylation sites (N-methyl/N-ethyl adjacent to an activating group) is 1. The molecule has 118 valence electrons. The maximum absolute atomic E-state index is 12.2. The number of aromatic nitrogens is 1. The maximum Gasteiger partial charge on any atom is 0.243 e. The minimum atomic E-state index is -3.63. The zero-order valence-electron chi connectivity index (χ0n) is 11.8. The number of halogens is 2. The first-order chi connectivity index (χ1) is 9.90. The van der Waals surface area contributed by atoms with E-state index in [0.29, 0.717) is 23.6 Å². The second-order valence-electron chi connectivity index (χ2n) is 5.26. The number of nitrogens with one attached hydrogen (secondary N) is 1. The first-order valence-electron chi connectivity index (χ1n) is 6.91. The summed E-state index contributed by atoms with van der Waals surface area (Å²) in [7, 11) is -1.59. The van der Waals surface area contributed by atoms with Gasteiger partial charge < -0.3 is 4.90 Å². The van der Waals surface area contributed by atoms with E-state index in [-0.39, 0.29) is 10.0 Å². The van der Waals surface area contributed by atoms with Crippen LogP contribution in [-0.2, 0) is 10.0 Å². The Hall–Kier alpha value is -0.210. The van der Waals surface area contributed by atoms with Crippen LogP contribution in [0.1, 0.15) is 25.7 Å². The molecule has 21 heavy (non-hydrogen) atoms. The first kappa shape index (κ1) is 17.1. The quantitative estimate of drug-likeness (QED) is 0.751. The molecule has 0 aromatic carbocycles. The Morgan fingerprint density at radius 3 is 2.81 bits per heavy atom. The summed E-state index contributed by atoms with van der Waals surface area (Å²) < 4.78 is 27.6. The predicted octanol–water partition coefficient (Wildman–Crippen LogP) is 2.65. The van der Waals surface area contributed by atoms with Crippen LogP contribution in [0.15, 0.2) is 21.6 Å². The van der Waals surface area contributed by atoms with Crippen molar-refractivity contribution in [2.45, 2.75) is 36.6 Å². The van der Waals surface area contributed by atoms with Gasteiger partial charge in [-0.15, -0.1) is 0 Å². The fourth-order valence-corrected chi connectivity index (χ4v) is 4.52. The maximum atomic E-state index is 12.2. The van der Waals surface area contributed by atoms with Crippen molar-refractivity contribution in [1.29, 1.82) is 0 Å². The molecule has 1 saturated carbocycles. The van der Waals surface area contributed by atoms with Crippen molar-refractivity contribution in [1.82, 2.24) is 14.6 Å². The van der Waals surface area contributed by atoms with E-state index in [4.69, 9.17) is 11.6 Å². The molecule has 0 spiro atoms. The highest BCUT2D eigenvalue weighted by molar-refractivity contribution is 9.10. The molecule has 5 nitrogen and oxygen atoms in total. The van der Waals surface area contributed by atoms with Crippen molar-refractivity contribution >= 4 is 37.6 Å². The Morgan fingerprint density at radius 1 is 1.48 bits per heavy atom. The van der Waals surface area contributed by atoms with E-state index in [1.54, 1.807) is 0 Å². The lowest BCUT2D eigenvalue weighted by atomic mass is 10.2. The molecule has 0 atom stereocenters. The number of pyridine rings is 1. The summed E-state index contributed by atoms with van der Waals surface area (Å²) in [4.78, 5) is 6.06. The van der Waals surface area contributed by atoms with Crippen molar-refractivity contribution < 1.29 is 8.42 Å². The summed E-state index contributed by atoms with van der Waals surface area (Å²) in [6.07, 6.45) is 6.39. The van der Waals surface area contributed by atoms with Crippen LogP contribution in [0, 0.1) is 0 Å². The van der Waals surface area contributed by atoms with Gasteiger partial charge in [0.05, 0.1) is 0 Å². The third kappa shape index (κ3) is 4.63. The average Bonchev–Trinajstić information content (AvgIpc) is 2.95. The Bertz CT molecular complexity index is 591. The van der Waals surface area contributed by atoms with Crippen LogP contribution in [0.2, 0.25) is 5.15 Å². The first-order valence-corrected chi connectivity index (χ1v) is 9.56. The SMILES string of the molecule is CN(CCNS(=O)(=O)c1cc(Br)cnc1Cl)C1CCCC1. The molecule has 0 amide bonds. The smallest absolute Gasteiger partial charge is 0.243 e. The molecular weight excluding hydrogens is 378 g/mol. The lowest BCUT2D eigenvalue weighted by molar-refractivity contribution is 0.250. The van der Waals surface area contributed by atoms with E-state index in [2.05, 4.69) is 30.5 Å². The Kier molecular flexibility index (Phi) is 6.02. The van der Waals surface area contributed by atoms with Crippen LogP contribution in [-0.4, -0.2) is 44.5 Å². The van der Waals surface area contributed by atoms with Gasteiger partial charge >= 0.3 is 0 Å². The van der Waals surface area contributed by atoms with Crippen molar-refractivity contribution in [3.8, 4) is 0 Å². The van der Waals surface area contributed by atoms with Crippen molar-refractivity contribution in [2.75, 3.05) is 20.1 Å². The molecule has 0 aliphatic heterocycles. The molecule has 1 aromatic rings. The third-order valence-corrected chi connectivity index (χ3v) is 6.09. The summed E-state index contributed by atoms with van der Waals surface area (Å²) in [5.41, 5.74) is 0. The number of rotatable bonds is 6. The molecule has 1 aliphatic carbocycles. The fraction of sp³-hybridized carbons (Fsp3) is 0.615. The van der Waals surface area contributed by atoms with Gasteiger partial charge in [-0.3, -0.25) is 0 Å². The zero-order valence-corrected chi connectivity index (χ0v) is 15.0. The second-order valence-corrected chi connectivity index (χ2v) is 8.27. The van der Waals surface area contributed by atoms with Crippen molar-refractivity contribution in [3.05, 3.63) is 21.9 Å².